The molecule has 0 aliphatic rings. The molecule has 0 aromatic carbocycles. The van der Waals surface area contributed by atoms with Gasteiger partial charge in [-0.2, -0.15) is 0 Å². The molecule has 9 nitrogen and oxygen atoms in total. The highest BCUT2D eigenvalue weighted by Gasteiger charge is 2.23. The standard InChI is InChI=1S/C48H89O9P/c1-4-6-7-8-9-10-11-18-22-25-28-31-34-38-45(49)39-36-41-47(50)55-42-46(43-56-58(52,53)54)57-48(51)40-35-32-29-26-23-20-17-15-13-12-14-16-19-21-24-27-30-33-37-44(3)5-2/h18,22,28,31,34,38,44-46,49H,4-17,19-21,23-27,29-30,32-33,35-37,39-43H2,1-3H3,(H2,52,53,54)/b22-18+,31-28+,38-34+/t44?,45?,46-/m1/s1. The largest absolute Gasteiger partial charge is 0.469 e. The third kappa shape index (κ3) is 43.8. The van der Waals surface area contributed by atoms with Gasteiger partial charge in [-0.15, -0.1) is 0 Å². The van der Waals surface area contributed by atoms with E-state index in [0.29, 0.717) is 19.3 Å². The summed E-state index contributed by atoms with van der Waals surface area (Å²) >= 11 is 0. The van der Waals surface area contributed by atoms with Crippen LogP contribution in [0.25, 0.3) is 0 Å². The lowest BCUT2D eigenvalue weighted by Gasteiger charge is -2.18. The minimum Gasteiger partial charge on any atom is -0.462 e. The maximum absolute atomic E-state index is 12.5. The lowest BCUT2D eigenvalue weighted by molar-refractivity contribution is -0.161. The summed E-state index contributed by atoms with van der Waals surface area (Å²) in [6, 6.07) is 0. The van der Waals surface area contributed by atoms with Gasteiger partial charge in [0.1, 0.15) is 6.61 Å². The van der Waals surface area contributed by atoms with E-state index in [2.05, 4.69) is 37.4 Å². The molecule has 0 radical (unpaired) electrons. The Bertz CT molecular complexity index is 1070. The number of allylic oxidation sites excluding steroid dienone is 5. The predicted molar refractivity (Wildman–Crippen MR) is 241 cm³/mol. The Morgan fingerprint density at radius 3 is 1.66 bits per heavy atom. The second kappa shape index (κ2) is 41.9. The number of unbranched alkanes of at least 4 members (excludes halogenated alkanes) is 23. The van der Waals surface area contributed by atoms with E-state index in [1.165, 1.54) is 141 Å². The predicted octanol–water partition coefficient (Wildman–Crippen LogP) is 13.7. The minimum atomic E-state index is -4.80. The van der Waals surface area contributed by atoms with Gasteiger partial charge in [0.05, 0.1) is 12.7 Å². The Labute approximate surface area is 355 Å². The van der Waals surface area contributed by atoms with E-state index in [9.17, 15) is 19.3 Å². The third-order valence-corrected chi connectivity index (χ3v) is 11.3. The number of phosphoric ester groups is 1. The van der Waals surface area contributed by atoms with Crippen molar-refractivity contribution in [1.82, 2.24) is 0 Å². The molecule has 0 aromatic heterocycles. The second-order valence-corrected chi connectivity index (χ2v) is 17.8. The van der Waals surface area contributed by atoms with Crippen LogP contribution in [0.1, 0.15) is 226 Å². The number of hydrogen-bond donors (Lipinski definition) is 3. The zero-order valence-corrected chi connectivity index (χ0v) is 38.4. The average Bonchev–Trinajstić information content (AvgIpc) is 3.19. The first-order valence-corrected chi connectivity index (χ1v) is 25.3. The summed E-state index contributed by atoms with van der Waals surface area (Å²) in [6.45, 7) is 5.93. The van der Waals surface area contributed by atoms with E-state index in [1.807, 2.05) is 12.2 Å². The molecule has 0 aliphatic heterocycles. The molecule has 0 heterocycles. The number of aliphatic hydroxyl groups excluding tert-OH is 1. The Morgan fingerprint density at radius 1 is 0.586 bits per heavy atom. The van der Waals surface area contributed by atoms with Crippen LogP contribution in [0.2, 0.25) is 0 Å². The van der Waals surface area contributed by atoms with Gasteiger partial charge in [0.25, 0.3) is 0 Å². The van der Waals surface area contributed by atoms with Crippen molar-refractivity contribution in [3.8, 4) is 0 Å². The van der Waals surface area contributed by atoms with Crippen LogP contribution in [0, 0.1) is 5.92 Å². The minimum absolute atomic E-state index is 0.0449. The van der Waals surface area contributed by atoms with Crippen LogP contribution in [0.4, 0.5) is 0 Å². The Morgan fingerprint density at radius 2 is 1.10 bits per heavy atom. The summed E-state index contributed by atoms with van der Waals surface area (Å²) in [5.41, 5.74) is 0. The molecule has 3 atom stereocenters. The quantitative estimate of drug-likeness (QED) is 0.0180. The maximum atomic E-state index is 12.5. The topological polar surface area (TPSA) is 140 Å². The molecule has 0 saturated heterocycles. The highest BCUT2D eigenvalue weighted by atomic mass is 31.2. The fourth-order valence-corrected chi connectivity index (χ4v) is 7.19. The number of phosphoric acid groups is 1. The molecule has 0 rings (SSSR count). The van der Waals surface area contributed by atoms with Gasteiger partial charge in [-0.1, -0.05) is 211 Å². The molecule has 0 fully saturated rings. The van der Waals surface area contributed by atoms with Crippen molar-refractivity contribution in [3.05, 3.63) is 36.5 Å². The second-order valence-electron chi connectivity index (χ2n) is 16.5. The summed E-state index contributed by atoms with van der Waals surface area (Å²) < 4.78 is 26.4. The monoisotopic (exact) mass is 841 g/mol. The number of carbonyl (C=O) groups is 2. The molecule has 0 saturated carbocycles. The number of aliphatic hydroxyl groups is 1. The summed E-state index contributed by atoms with van der Waals surface area (Å²) in [4.78, 5) is 43.0. The molecule has 0 bridgehead atoms. The molecule has 340 valence electrons. The van der Waals surface area contributed by atoms with E-state index >= 15 is 0 Å². The zero-order valence-electron chi connectivity index (χ0n) is 37.5. The van der Waals surface area contributed by atoms with Crippen LogP contribution in [0.15, 0.2) is 36.5 Å². The van der Waals surface area contributed by atoms with Gasteiger partial charge >= 0.3 is 19.8 Å². The van der Waals surface area contributed by atoms with Gasteiger partial charge in [-0.05, 0) is 44.4 Å². The van der Waals surface area contributed by atoms with E-state index in [0.717, 1.165) is 38.0 Å². The van der Waals surface area contributed by atoms with Gasteiger partial charge in [-0.3, -0.25) is 14.1 Å². The van der Waals surface area contributed by atoms with E-state index in [-0.39, 0.29) is 19.4 Å². The van der Waals surface area contributed by atoms with Crippen LogP contribution in [0.5, 0.6) is 0 Å². The van der Waals surface area contributed by atoms with Crippen LogP contribution in [-0.2, 0) is 28.2 Å². The number of esters is 2. The molecule has 0 aliphatic carbocycles. The van der Waals surface area contributed by atoms with Crippen LogP contribution in [0.3, 0.4) is 0 Å². The molecular weight excluding hydrogens is 751 g/mol. The van der Waals surface area contributed by atoms with E-state index in [1.54, 1.807) is 12.2 Å². The lowest BCUT2D eigenvalue weighted by Crippen LogP contribution is -2.29. The van der Waals surface area contributed by atoms with Crippen molar-refractivity contribution in [3.63, 3.8) is 0 Å². The average molecular weight is 841 g/mol. The van der Waals surface area contributed by atoms with Gasteiger partial charge in [-0.25, -0.2) is 4.57 Å². The molecule has 58 heavy (non-hydrogen) atoms. The van der Waals surface area contributed by atoms with Crippen molar-refractivity contribution < 1.29 is 43.0 Å². The van der Waals surface area contributed by atoms with Crippen LogP contribution < -0.4 is 0 Å². The number of carbonyl (C=O) groups excluding carboxylic acids is 2. The Hall–Kier alpha value is -1.77. The molecule has 10 heteroatoms. The maximum Gasteiger partial charge on any atom is 0.469 e. The van der Waals surface area contributed by atoms with E-state index < -0.39 is 38.6 Å². The highest BCUT2D eigenvalue weighted by Crippen LogP contribution is 2.36. The normalized spacial score (nSPS) is 13.8. The first-order chi connectivity index (χ1) is 28.1. The number of ether oxygens (including phenoxy) is 2. The van der Waals surface area contributed by atoms with Crippen molar-refractivity contribution in [2.75, 3.05) is 13.2 Å². The lowest BCUT2D eigenvalue weighted by atomic mass is 9.99. The van der Waals surface area contributed by atoms with Gasteiger partial charge < -0.3 is 24.4 Å². The Kier molecular flexibility index (Phi) is 40.7. The van der Waals surface area contributed by atoms with Gasteiger partial charge in [0, 0.05) is 12.8 Å². The van der Waals surface area contributed by atoms with Crippen molar-refractivity contribution in [2.24, 2.45) is 5.92 Å². The summed E-state index contributed by atoms with van der Waals surface area (Å²) in [6.07, 6.45) is 46.1. The SMILES string of the molecule is CCCCCCCC/C=C/C/C=C/C=C/C(O)CCCC(=O)OC[C@H](COP(=O)(O)O)OC(=O)CCCCCCCCCCCCCCCCCCCCC(C)CC. The van der Waals surface area contributed by atoms with Crippen molar-refractivity contribution in [2.45, 2.75) is 238 Å². The first-order valence-electron chi connectivity index (χ1n) is 23.8. The summed E-state index contributed by atoms with van der Waals surface area (Å²) in [5.74, 6) is -0.180. The Balaban J connectivity index is 3.98. The number of rotatable bonds is 43. The molecule has 0 spiro atoms. The zero-order chi connectivity index (χ0) is 42.8. The molecule has 2 unspecified atom stereocenters. The molecular formula is C48H89O9P. The van der Waals surface area contributed by atoms with Gasteiger partial charge in [0.15, 0.2) is 6.10 Å². The number of hydrogen-bond acceptors (Lipinski definition) is 7. The van der Waals surface area contributed by atoms with Gasteiger partial charge in [0.2, 0.25) is 0 Å². The third-order valence-electron chi connectivity index (χ3n) is 10.8. The van der Waals surface area contributed by atoms with Crippen molar-refractivity contribution >= 4 is 19.8 Å². The van der Waals surface area contributed by atoms with Crippen molar-refractivity contribution in [1.29, 1.82) is 0 Å². The summed E-state index contributed by atoms with van der Waals surface area (Å²) in [7, 11) is -4.80. The molecule has 3 N–H and O–H groups in total. The fourth-order valence-electron chi connectivity index (χ4n) is 6.83. The summed E-state index contributed by atoms with van der Waals surface area (Å²) in [5, 5.41) is 10.2. The fraction of sp³-hybridized carbons (Fsp3) is 0.833. The molecule has 0 aromatic rings. The van der Waals surface area contributed by atoms with Crippen LogP contribution in [-0.4, -0.2) is 52.3 Å². The first kappa shape index (κ1) is 56.2. The smallest absolute Gasteiger partial charge is 0.462 e. The molecule has 0 amide bonds. The van der Waals surface area contributed by atoms with E-state index in [4.69, 9.17) is 19.3 Å². The van der Waals surface area contributed by atoms with Crippen LogP contribution >= 0.6 is 7.82 Å². The highest BCUT2D eigenvalue weighted by molar-refractivity contribution is 7.46.